The molecule has 0 amide bonds. The number of ether oxygens (including phenoxy) is 1. The van der Waals surface area contributed by atoms with E-state index in [4.69, 9.17) is 16.3 Å². The Morgan fingerprint density at radius 1 is 1.14 bits per heavy atom. The maximum absolute atomic E-state index is 12.7. The summed E-state index contributed by atoms with van der Waals surface area (Å²) < 4.78 is 31.6. The van der Waals surface area contributed by atoms with E-state index in [0.717, 1.165) is 4.31 Å². The van der Waals surface area contributed by atoms with E-state index < -0.39 is 10.0 Å². The molecule has 2 aromatic rings. The maximum Gasteiger partial charge on any atom is 0.264 e. The molecule has 0 unspecified atom stereocenters. The van der Waals surface area contributed by atoms with Crippen LogP contribution < -0.4 is 9.04 Å². The molecule has 0 aliphatic carbocycles. The lowest BCUT2D eigenvalue weighted by Crippen LogP contribution is -2.30. The minimum atomic E-state index is -3.81. The molecular formula is C15H12ClNO4S. The summed E-state index contributed by atoms with van der Waals surface area (Å²) in [5.41, 5.74) is 0.676. The average Bonchev–Trinajstić information content (AvgIpc) is 2.85. The Balaban J connectivity index is 2.06. The summed E-state index contributed by atoms with van der Waals surface area (Å²) in [6.07, 6.45) is 0. The number of hydrogen-bond acceptors (Lipinski definition) is 4. The average molecular weight is 338 g/mol. The second-order valence-electron chi connectivity index (χ2n) is 4.77. The van der Waals surface area contributed by atoms with Crippen LogP contribution in [0.2, 0.25) is 5.02 Å². The zero-order valence-corrected chi connectivity index (χ0v) is 13.2. The molecule has 1 aliphatic heterocycles. The third kappa shape index (κ3) is 2.34. The van der Waals surface area contributed by atoms with Crippen molar-refractivity contribution >= 4 is 33.1 Å². The summed E-state index contributed by atoms with van der Waals surface area (Å²) in [5, 5.41) is 0.399. The maximum atomic E-state index is 12.7. The highest BCUT2D eigenvalue weighted by Crippen LogP contribution is 2.34. The van der Waals surface area contributed by atoms with Crippen molar-refractivity contribution in [1.29, 1.82) is 0 Å². The zero-order chi connectivity index (χ0) is 15.9. The molecule has 0 saturated carbocycles. The van der Waals surface area contributed by atoms with Crippen molar-refractivity contribution in [3.05, 3.63) is 53.1 Å². The largest absolute Gasteiger partial charge is 0.497 e. The van der Waals surface area contributed by atoms with E-state index in [2.05, 4.69) is 0 Å². The van der Waals surface area contributed by atoms with Crippen LogP contribution in [-0.4, -0.2) is 27.9 Å². The predicted molar refractivity (Wildman–Crippen MR) is 83.3 cm³/mol. The number of anilines is 1. The fourth-order valence-electron chi connectivity index (χ4n) is 2.34. The summed E-state index contributed by atoms with van der Waals surface area (Å²) in [5.74, 6) is 0.290. The first-order valence-electron chi connectivity index (χ1n) is 6.43. The number of ketones is 1. The first-order valence-corrected chi connectivity index (χ1v) is 8.25. The molecule has 0 saturated heterocycles. The molecule has 0 atom stereocenters. The van der Waals surface area contributed by atoms with Crippen LogP contribution in [0.5, 0.6) is 5.75 Å². The molecule has 1 heterocycles. The lowest BCUT2D eigenvalue weighted by molar-refractivity contribution is 0.101. The highest BCUT2D eigenvalue weighted by atomic mass is 35.5. The van der Waals surface area contributed by atoms with Gasteiger partial charge in [-0.25, -0.2) is 8.42 Å². The minimum absolute atomic E-state index is 0.101. The molecule has 1 aliphatic rings. The number of hydrogen-bond donors (Lipinski definition) is 0. The quantitative estimate of drug-likeness (QED) is 0.864. The predicted octanol–water partition coefficient (Wildman–Crippen LogP) is 2.74. The van der Waals surface area contributed by atoms with Crippen LogP contribution in [-0.2, 0) is 10.0 Å². The fourth-order valence-corrected chi connectivity index (χ4v) is 3.95. The van der Waals surface area contributed by atoms with E-state index >= 15 is 0 Å². The molecule has 2 aromatic carbocycles. The van der Waals surface area contributed by atoms with Crippen molar-refractivity contribution in [2.75, 3.05) is 18.0 Å². The van der Waals surface area contributed by atoms with Gasteiger partial charge in [0.2, 0.25) is 0 Å². The number of rotatable bonds is 3. The van der Waals surface area contributed by atoms with Gasteiger partial charge in [0.25, 0.3) is 10.0 Å². The van der Waals surface area contributed by atoms with Crippen molar-refractivity contribution in [2.24, 2.45) is 0 Å². The second-order valence-corrected chi connectivity index (χ2v) is 7.07. The van der Waals surface area contributed by atoms with Gasteiger partial charge in [-0.05, 0) is 42.5 Å². The van der Waals surface area contributed by atoms with Crippen molar-refractivity contribution in [3.63, 3.8) is 0 Å². The number of carbonyl (C=O) groups excluding carboxylic acids is 1. The molecule has 0 N–H and O–H groups in total. The lowest BCUT2D eigenvalue weighted by Gasteiger charge is -2.18. The van der Waals surface area contributed by atoms with Crippen LogP contribution in [0, 0.1) is 0 Å². The summed E-state index contributed by atoms with van der Waals surface area (Å²) in [6.45, 7) is -0.218. The van der Waals surface area contributed by atoms with Crippen LogP contribution in [0.15, 0.2) is 47.4 Å². The van der Waals surface area contributed by atoms with E-state index in [0.29, 0.717) is 22.0 Å². The summed E-state index contributed by atoms with van der Waals surface area (Å²) in [7, 11) is -2.31. The Morgan fingerprint density at radius 2 is 1.82 bits per heavy atom. The molecule has 22 heavy (non-hydrogen) atoms. The number of halogens is 1. The van der Waals surface area contributed by atoms with Gasteiger partial charge >= 0.3 is 0 Å². The van der Waals surface area contributed by atoms with Gasteiger partial charge in [-0.1, -0.05) is 11.6 Å². The topological polar surface area (TPSA) is 63.7 Å². The van der Waals surface area contributed by atoms with Gasteiger partial charge < -0.3 is 4.74 Å². The number of fused-ring (bicyclic) bond motifs is 1. The van der Waals surface area contributed by atoms with Crippen LogP contribution >= 0.6 is 11.6 Å². The summed E-state index contributed by atoms with van der Waals surface area (Å²) in [4.78, 5) is 12.1. The lowest BCUT2D eigenvalue weighted by atomic mass is 10.1. The molecule has 3 rings (SSSR count). The molecule has 0 fully saturated rings. The second kappa shape index (κ2) is 5.30. The van der Waals surface area contributed by atoms with Crippen molar-refractivity contribution < 1.29 is 17.9 Å². The van der Waals surface area contributed by atoms with Gasteiger partial charge in [0.15, 0.2) is 5.78 Å². The number of methoxy groups -OCH3 is 1. The normalized spacial score (nSPS) is 14.1. The smallest absolute Gasteiger partial charge is 0.264 e. The van der Waals surface area contributed by atoms with Gasteiger partial charge in [0.05, 0.1) is 24.2 Å². The Morgan fingerprint density at radius 3 is 2.45 bits per heavy atom. The van der Waals surface area contributed by atoms with Crippen LogP contribution in [0.1, 0.15) is 10.4 Å². The van der Waals surface area contributed by atoms with E-state index in [-0.39, 0.29) is 17.2 Å². The van der Waals surface area contributed by atoms with Crippen LogP contribution in [0.3, 0.4) is 0 Å². The van der Waals surface area contributed by atoms with E-state index in [1.54, 1.807) is 24.3 Å². The van der Waals surface area contributed by atoms with Gasteiger partial charge in [0, 0.05) is 10.6 Å². The van der Waals surface area contributed by atoms with Gasteiger partial charge in [0.1, 0.15) is 5.75 Å². The summed E-state index contributed by atoms with van der Waals surface area (Å²) >= 11 is 5.87. The Bertz CT molecular complexity index is 846. The Hall–Kier alpha value is -2.05. The van der Waals surface area contributed by atoms with E-state index in [9.17, 15) is 13.2 Å². The zero-order valence-electron chi connectivity index (χ0n) is 11.6. The highest BCUT2D eigenvalue weighted by Gasteiger charge is 2.35. The van der Waals surface area contributed by atoms with E-state index in [1.807, 2.05) is 0 Å². The molecule has 0 aromatic heterocycles. The van der Waals surface area contributed by atoms with Crippen LogP contribution in [0.25, 0.3) is 0 Å². The number of Topliss-reactive ketones (excluding diaryl/α,β-unsaturated/α-hetero) is 1. The monoisotopic (exact) mass is 337 g/mol. The number of sulfonamides is 1. The first kappa shape index (κ1) is 14.9. The molecule has 5 nitrogen and oxygen atoms in total. The molecule has 0 spiro atoms. The molecule has 114 valence electrons. The number of benzene rings is 2. The van der Waals surface area contributed by atoms with Crippen molar-refractivity contribution in [1.82, 2.24) is 0 Å². The fraction of sp³-hybridized carbons (Fsp3) is 0.133. The first-order chi connectivity index (χ1) is 10.4. The standard InChI is InChI=1S/C15H12ClNO4S/c1-21-11-3-5-12(6-4-11)22(19,20)17-9-15(18)13-8-10(16)2-7-14(13)17/h2-8H,9H2,1H3. The highest BCUT2D eigenvalue weighted by molar-refractivity contribution is 7.93. The minimum Gasteiger partial charge on any atom is -0.497 e. The van der Waals surface area contributed by atoms with Gasteiger partial charge in [-0.2, -0.15) is 0 Å². The van der Waals surface area contributed by atoms with Gasteiger partial charge in [-0.3, -0.25) is 9.10 Å². The number of nitrogens with zero attached hydrogens (tertiary/aromatic N) is 1. The van der Waals surface area contributed by atoms with Crippen LogP contribution in [0.4, 0.5) is 5.69 Å². The molecule has 0 radical (unpaired) electrons. The molecule has 0 bridgehead atoms. The number of carbonyl (C=O) groups is 1. The molecule has 7 heteroatoms. The third-order valence-corrected chi connectivity index (χ3v) is 5.47. The molecular weight excluding hydrogens is 326 g/mol. The van der Waals surface area contributed by atoms with Crippen molar-refractivity contribution in [2.45, 2.75) is 4.90 Å². The summed E-state index contributed by atoms with van der Waals surface area (Å²) in [6, 6.07) is 10.6. The third-order valence-electron chi connectivity index (χ3n) is 3.46. The Labute approximate surface area is 133 Å². The Kier molecular flexibility index (Phi) is 3.58. The van der Waals surface area contributed by atoms with Crippen molar-refractivity contribution in [3.8, 4) is 5.75 Å². The SMILES string of the molecule is COc1ccc(S(=O)(=O)N2CC(=O)c3cc(Cl)ccc32)cc1. The van der Waals surface area contributed by atoms with Gasteiger partial charge in [-0.15, -0.1) is 0 Å². The van der Waals surface area contributed by atoms with E-state index in [1.165, 1.54) is 25.3 Å².